The zero-order valence-corrected chi connectivity index (χ0v) is 14.2. The molecule has 0 spiro atoms. The number of esters is 1. The fourth-order valence-corrected chi connectivity index (χ4v) is 3.22. The summed E-state index contributed by atoms with van der Waals surface area (Å²) in [5.41, 5.74) is 2.29. The van der Waals surface area contributed by atoms with Crippen LogP contribution in [0.3, 0.4) is 0 Å². The minimum atomic E-state index is -0.0951. The number of hydrogen-bond acceptors (Lipinski definition) is 3. The third kappa shape index (κ3) is 3.61. The Bertz CT molecular complexity index is 649. The first-order valence-electron chi connectivity index (χ1n) is 7.31. The third-order valence-corrected chi connectivity index (χ3v) is 4.83. The molecule has 0 saturated carbocycles. The molecule has 0 aromatic heterocycles. The van der Waals surface area contributed by atoms with Crippen LogP contribution in [0, 0.1) is 15.4 Å². The highest BCUT2D eigenvalue weighted by molar-refractivity contribution is 14.1. The number of carbonyl (C=O) groups is 1. The first-order chi connectivity index (χ1) is 10.6. The molecular formula is C18H17IO3. The molecule has 22 heavy (non-hydrogen) atoms. The van der Waals surface area contributed by atoms with Crippen molar-refractivity contribution in [3.8, 4) is 5.75 Å². The normalized spacial score (nSPS) is 20.9. The lowest BCUT2D eigenvalue weighted by atomic mass is 9.85. The van der Waals surface area contributed by atoms with Crippen LogP contribution >= 0.6 is 22.6 Å². The van der Waals surface area contributed by atoms with E-state index in [9.17, 15) is 9.90 Å². The molecule has 0 amide bonds. The van der Waals surface area contributed by atoms with Gasteiger partial charge in [-0.05, 0) is 70.8 Å². The van der Waals surface area contributed by atoms with Crippen LogP contribution in [-0.2, 0) is 22.4 Å². The van der Waals surface area contributed by atoms with Crippen LogP contribution < -0.4 is 0 Å². The minimum absolute atomic E-state index is 0.0890. The zero-order chi connectivity index (χ0) is 15.5. The summed E-state index contributed by atoms with van der Waals surface area (Å²) >= 11 is 2.27. The Morgan fingerprint density at radius 1 is 1.00 bits per heavy atom. The maximum absolute atomic E-state index is 12.0. The zero-order valence-electron chi connectivity index (χ0n) is 12.0. The molecule has 114 valence electrons. The number of phenolic OH excluding ortho intramolecular Hbond substituents is 1. The van der Waals surface area contributed by atoms with Crippen molar-refractivity contribution in [2.45, 2.75) is 12.8 Å². The average Bonchev–Trinajstić information content (AvgIpc) is 2.85. The molecule has 3 rings (SSSR count). The molecule has 4 heteroatoms. The highest BCUT2D eigenvalue weighted by atomic mass is 127. The number of ether oxygens (including phenoxy) is 1. The number of cyclic esters (lactones) is 1. The Hall–Kier alpha value is -1.56. The Morgan fingerprint density at radius 2 is 1.59 bits per heavy atom. The number of aromatic hydroxyl groups is 1. The number of phenols is 1. The highest BCUT2D eigenvalue weighted by Crippen LogP contribution is 2.29. The molecule has 1 saturated heterocycles. The van der Waals surface area contributed by atoms with Gasteiger partial charge in [0.1, 0.15) is 5.75 Å². The predicted molar refractivity (Wildman–Crippen MR) is 92.6 cm³/mol. The molecule has 0 unspecified atom stereocenters. The van der Waals surface area contributed by atoms with Gasteiger partial charge in [-0.3, -0.25) is 4.79 Å². The second-order valence-corrected chi connectivity index (χ2v) is 6.94. The van der Waals surface area contributed by atoms with Gasteiger partial charge >= 0.3 is 5.97 Å². The Kier molecular flexibility index (Phi) is 4.66. The number of rotatable bonds is 4. The summed E-state index contributed by atoms with van der Waals surface area (Å²) in [4.78, 5) is 12.0. The van der Waals surface area contributed by atoms with E-state index in [4.69, 9.17) is 4.74 Å². The molecule has 0 radical (unpaired) electrons. The smallest absolute Gasteiger partial charge is 0.309 e. The lowest BCUT2D eigenvalue weighted by Gasteiger charge is -2.15. The van der Waals surface area contributed by atoms with Crippen LogP contribution in [0.2, 0.25) is 0 Å². The summed E-state index contributed by atoms with van der Waals surface area (Å²) in [7, 11) is 0. The van der Waals surface area contributed by atoms with Crippen molar-refractivity contribution >= 4 is 28.6 Å². The monoisotopic (exact) mass is 408 g/mol. The third-order valence-electron chi connectivity index (χ3n) is 4.11. The molecule has 1 fully saturated rings. The van der Waals surface area contributed by atoms with Gasteiger partial charge in [0.2, 0.25) is 0 Å². The van der Waals surface area contributed by atoms with Crippen molar-refractivity contribution in [2.75, 3.05) is 6.61 Å². The summed E-state index contributed by atoms with van der Waals surface area (Å²) in [5.74, 6) is 0.269. The van der Waals surface area contributed by atoms with Crippen LogP contribution in [0.5, 0.6) is 5.75 Å². The first kappa shape index (κ1) is 15.3. The van der Waals surface area contributed by atoms with E-state index in [0.717, 1.165) is 18.4 Å². The van der Waals surface area contributed by atoms with Crippen molar-refractivity contribution < 1.29 is 14.6 Å². The molecule has 2 aromatic rings. The molecule has 1 aliphatic rings. The lowest BCUT2D eigenvalue weighted by Crippen LogP contribution is -2.20. The van der Waals surface area contributed by atoms with E-state index in [1.807, 2.05) is 12.1 Å². The van der Waals surface area contributed by atoms with Crippen molar-refractivity contribution in [3.63, 3.8) is 0 Å². The molecule has 2 aromatic carbocycles. The first-order valence-corrected chi connectivity index (χ1v) is 8.38. The van der Waals surface area contributed by atoms with E-state index in [2.05, 4.69) is 46.9 Å². The summed E-state index contributed by atoms with van der Waals surface area (Å²) in [6.07, 6.45) is 1.51. The Balaban J connectivity index is 1.71. The fraction of sp³-hybridized carbons (Fsp3) is 0.278. The predicted octanol–water partition coefficient (Wildman–Crippen LogP) is 3.57. The van der Waals surface area contributed by atoms with Crippen molar-refractivity contribution in [1.82, 2.24) is 0 Å². The molecule has 0 bridgehead atoms. The van der Waals surface area contributed by atoms with Gasteiger partial charge in [0.25, 0.3) is 0 Å². The van der Waals surface area contributed by atoms with Crippen LogP contribution in [0.15, 0.2) is 48.5 Å². The average molecular weight is 408 g/mol. The summed E-state index contributed by atoms with van der Waals surface area (Å²) in [6.45, 7) is 0.481. The summed E-state index contributed by atoms with van der Waals surface area (Å²) in [5, 5.41) is 9.35. The van der Waals surface area contributed by atoms with E-state index in [-0.39, 0.29) is 23.6 Å². The van der Waals surface area contributed by atoms with Crippen LogP contribution in [0.4, 0.5) is 0 Å². The van der Waals surface area contributed by atoms with Crippen LogP contribution in [-0.4, -0.2) is 17.7 Å². The number of carbonyl (C=O) groups excluding carboxylic acids is 1. The molecule has 3 nitrogen and oxygen atoms in total. The number of benzene rings is 2. The van der Waals surface area contributed by atoms with Gasteiger partial charge in [0.15, 0.2) is 0 Å². The molecule has 2 atom stereocenters. The van der Waals surface area contributed by atoms with E-state index >= 15 is 0 Å². The van der Waals surface area contributed by atoms with Gasteiger partial charge in [-0.1, -0.05) is 24.3 Å². The number of hydrogen-bond donors (Lipinski definition) is 1. The maximum Gasteiger partial charge on any atom is 0.309 e. The topological polar surface area (TPSA) is 46.5 Å². The second-order valence-electron chi connectivity index (χ2n) is 5.70. The Labute approximate surface area is 143 Å². The lowest BCUT2D eigenvalue weighted by molar-refractivity contribution is -0.141. The Morgan fingerprint density at radius 3 is 2.27 bits per heavy atom. The summed E-state index contributed by atoms with van der Waals surface area (Å²) in [6, 6.07) is 15.4. The standard InChI is InChI=1S/C18H17IO3/c19-15-5-1-13(2-6-15)10-17-14(11-22-18(17)21)9-12-3-7-16(20)8-4-12/h1-8,14,17,20H,9-11H2/t14-,17+/m0/s1. The fourth-order valence-electron chi connectivity index (χ4n) is 2.87. The molecule has 1 heterocycles. The SMILES string of the molecule is O=C1OC[C@H](Cc2ccc(O)cc2)[C@H]1Cc1ccc(I)cc1. The van der Waals surface area contributed by atoms with Gasteiger partial charge in [-0.25, -0.2) is 0 Å². The second kappa shape index (κ2) is 6.69. The van der Waals surface area contributed by atoms with E-state index in [1.165, 1.54) is 9.13 Å². The van der Waals surface area contributed by atoms with Crippen LogP contribution in [0.25, 0.3) is 0 Å². The molecular weight excluding hydrogens is 391 g/mol. The summed E-state index contributed by atoms with van der Waals surface area (Å²) < 4.78 is 6.47. The largest absolute Gasteiger partial charge is 0.508 e. The number of halogens is 1. The highest BCUT2D eigenvalue weighted by Gasteiger charge is 2.36. The van der Waals surface area contributed by atoms with Crippen molar-refractivity contribution in [1.29, 1.82) is 0 Å². The van der Waals surface area contributed by atoms with Crippen LogP contribution in [0.1, 0.15) is 11.1 Å². The molecule has 0 aliphatic carbocycles. The van der Waals surface area contributed by atoms with E-state index in [1.54, 1.807) is 12.1 Å². The quantitative estimate of drug-likeness (QED) is 0.622. The van der Waals surface area contributed by atoms with E-state index < -0.39 is 0 Å². The van der Waals surface area contributed by atoms with Crippen molar-refractivity contribution in [3.05, 3.63) is 63.2 Å². The van der Waals surface area contributed by atoms with Gasteiger partial charge in [0, 0.05) is 9.49 Å². The molecule has 1 aliphatic heterocycles. The van der Waals surface area contributed by atoms with Gasteiger partial charge in [-0.2, -0.15) is 0 Å². The maximum atomic E-state index is 12.0. The van der Waals surface area contributed by atoms with Gasteiger partial charge < -0.3 is 9.84 Å². The van der Waals surface area contributed by atoms with Crippen molar-refractivity contribution in [2.24, 2.45) is 11.8 Å². The van der Waals surface area contributed by atoms with E-state index in [0.29, 0.717) is 6.61 Å². The minimum Gasteiger partial charge on any atom is -0.508 e. The van der Waals surface area contributed by atoms with Gasteiger partial charge in [-0.15, -0.1) is 0 Å². The molecule has 1 N–H and O–H groups in total. The van der Waals surface area contributed by atoms with Gasteiger partial charge in [0.05, 0.1) is 12.5 Å².